The largest absolute Gasteiger partial charge is 0.439 e. The number of rotatable bonds is 4. The van der Waals surface area contributed by atoms with Gasteiger partial charge in [0.1, 0.15) is 11.6 Å². The van der Waals surface area contributed by atoms with Crippen LogP contribution in [0.25, 0.3) is 11.1 Å². The standard InChI is InChI=1S/C17H21N3O2/c1-10(2)17-20-14-7-11(6-12(8-18)16(14)22-17)9-19-13-4-3-5-15(13)21/h6-7,10,13,15,19,21H,3-5,9H2,1-2H3/t13-,15+/m0/s1. The molecule has 1 aliphatic carbocycles. The SMILES string of the molecule is CC(C)c1nc2cc(CN[C@H]3CCC[C@H]3O)cc(C#N)c2o1. The van der Waals surface area contributed by atoms with Crippen LogP contribution in [0.1, 0.15) is 56.0 Å². The lowest BCUT2D eigenvalue weighted by atomic mass is 10.1. The zero-order valence-electron chi connectivity index (χ0n) is 13.0. The average molecular weight is 299 g/mol. The topological polar surface area (TPSA) is 82.1 Å². The Bertz CT molecular complexity index is 714. The number of nitrogens with one attached hydrogen (secondary N) is 1. The van der Waals surface area contributed by atoms with Crippen molar-refractivity contribution in [1.82, 2.24) is 10.3 Å². The fourth-order valence-electron chi connectivity index (χ4n) is 2.97. The lowest BCUT2D eigenvalue weighted by molar-refractivity contribution is 0.148. The Morgan fingerprint density at radius 3 is 2.91 bits per heavy atom. The first-order valence-electron chi connectivity index (χ1n) is 7.83. The molecule has 2 atom stereocenters. The third-order valence-electron chi connectivity index (χ3n) is 4.23. The van der Waals surface area contributed by atoms with Gasteiger partial charge in [-0.2, -0.15) is 5.26 Å². The summed E-state index contributed by atoms with van der Waals surface area (Å²) in [7, 11) is 0. The van der Waals surface area contributed by atoms with E-state index in [-0.39, 0.29) is 18.1 Å². The molecule has 0 saturated heterocycles. The Balaban J connectivity index is 1.85. The summed E-state index contributed by atoms with van der Waals surface area (Å²) in [4.78, 5) is 4.48. The smallest absolute Gasteiger partial charge is 0.198 e. The molecule has 1 fully saturated rings. The molecule has 22 heavy (non-hydrogen) atoms. The van der Waals surface area contributed by atoms with Gasteiger partial charge in [-0.3, -0.25) is 0 Å². The minimum Gasteiger partial charge on any atom is -0.439 e. The van der Waals surface area contributed by atoms with Crippen molar-refractivity contribution < 1.29 is 9.52 Å². The van der Waals surface area contributed by atoms with Crippen LogP contribution in [-0.2, 0) is 6.54 Å². The highest BCUT2D eigenvalue weighted by Gasteiger charge is 2.24. The van der Waals surface area contributed by atoms with Crippen molar-refractivity contribution in [2.75, 3.05) is 0 Å². The fourth-order valence-corrected chi connectivity index (χ4v) is 2.97. The molecule has 116 valence electrons. The molecule has 0 bridgehead atoms. The second kappa shape index (κ2) is 6.07. The van der Waals surface area contributed by atoms with Gasteiger partial charge in [-0.25, -0.2) is 4.98 Å². The maximum Gasteiger partial charge on any atom is 0.198 e. The van der Waals surface area contributed by atoms with E-state index in [1.165, 1.54) is 0 Å². The van der Waals surface area contributed by atoms with Gasteiger partial charge in [0, 0.05) is 18.5 Å². The molecule has 3 rings (SSSR count). The predicted molar refractivity (Wildman–Crippen MR) is 83.3 cm³/mol. The molecule has 2 N–H and O–H groups in total. The molecule has 1 aliphatic rings. The molecule has 0 unspecified atom stereocenters. The van der Waals surface area contributed by atoms with Crippen LogP contribution in [0.4, 0.5) is 0 Å². The molecule has 0 radical (unpaired) electrons. The minimum atomic E-state index is -0.265. The number of aliphatic hydroxyl groups excluding tert-OH is 1. The van der Waals surface area contributed by atoms with Crippen LogP contribution in [0, 0.1) is 11.3 Å². The zero-order valence-corrected chi connectivity index (χ0v) is 13.0. The lowest BCUT2D eigenvalue weighted by Crippen LogP contribution is -2.35. The summed E-state index contributed by atoms with van der Waals surface area (Å²) < 4.78 is 5.71. The molecule has 1 aromatic carbocycles. The van der Waals surface area contributed by atoms with Gasteiger partial charge >= 0.3 is 0 Å². The molecule has 1 heterocycles. The number of oxazole rings is 1. The average Bonchev–Trinajstić information content (AvgIpc) is 3.10. The number of hydrogen-bond donors (Lipinski definition) is 2. The van der Waals surface area contributed by atoms with E-state index in [0.717, 1.165) is 30.3 Å². The highest BCUT2D eigenvalue weighted by atomic mass is 16.3. The maximum atomic E-state index is 9.86. The predicted octanol–water partition coefficient (Wildman–Crippen LogP) is 2.83. The van der Waals surface area contributed by atoms with E-state index in [9.17, 15) is 10.4 Å². The number of aliphatic hydroxyl groups is 1. The minimum absolute atomic E-state index is 0.143. The van der Waals surface area contributed by atoms with Crippen molar-refractivity contribution in [1.29, 1.82) is 5.26 Å². The van der Waals surface area contributed by atoms with E-state index in [0.29, 0.717) is 23.6 Å². The first-order valence-corrected chi connectivity index (χ1v) is 7.83. The monoisotopic (exact) mass is 299 g/mol. The molecule has 0 aliphatic heterocycles. The summed E-state index contributed by atoms with van der Waals surface area (Å²) >= 11 is 0. The van der Waals surface area contributed by atoms with Crippen molar-refractivity contribution in [3.05, 3.63) is 29.2 Å². The summed E-state index contributed by atoms with van der Waals surface area (Å²) in [6.45, 7) is 4.65. The summed E-state index contributed by atoms with van der Waals surface area (Å²) in [6.07, 6.45) is 2.65. The van der Waals surface area contributed by atoms with Crippen LogP contribution in [0.2, 0.25) is 0 Å². The van der Waals surface area contributed by atoms with Crippen molar-refractivity contribution in [3.63, 3.8) is 0 Å². The Labute approximate surface area is 130 Å². The summed E-state index contributed by atoms with van der Waals surface area (Å²) in [5, 5.41) is 22.6. The number of hydrogen-bond acceptors (Lipinski definition) is 5. The van der Waals surface area contributed by atoms with Crippen LogP contribution in [0.15, 0.2) is 16.5 Å². The van der Waals surface area contributed by atoms with Crippen LogP contribution < -0.4 is 5.32 Å². The number of aromatic nitrogens is 1. The highest BCUT2D eigenvalue weighted by Crippen LogP contribution is 2.26. The Morgan fingerprint density at radius 1 is 1.45 bits per heavy atom. The second-order valence-electron chi connectivity index (χ2n) is 6.30. The van der Waals surface area contributed by atoms with Crippen molar-refractivity contribution in [3.8, 4) is 6.07 Å². The van der Waals surface area contributed by atoms with Crippen molar-refractivity contribution in [2.45, 2.75) is 57.7 Å². The van der Waals surface area contributed by atoms with E-state index in [4.69, 9.17) is 4.42 Å². The van der Waals surface area contributed by atoms with Crippen LogP contribution in [-0.4, -0.2) is 22.2 Å². The summed E-state index contributed by atoms with van der Waals surface area (Å²) in [5.74, 6) is 0.844. The molecule has 5 nitrogen and oxygen atoms in total. The van der Waals surface area contributed by atoms with Gasteiger partial charge in [0.15, 0.2) is 11.5 Å². The molecular formula is C17H21N3O2. The number of nitriles is 1. The van der Waals surface area contributed by atoms with Gasteiger partial charge in [0.25, 0.3) is 0 Å². The van der Waals surface area contributed by atoms with E-state index in [2.05, 4.69) is 16.4 Å². The Hall–Kier alpha value is -1.90. The Morgan fingerprint density at radius 2 is 2.27 bits per heavy atom. The molecule has 1 aromatic heterocycles. The summed E-state index contributed by atoms with van der Waals surface area (Å²) in [6, 6.07) is 6.13. The Kier molecular flexibility index (Phi) is 4.14. The van der Waals surface area contributed by atoms with E-state index < -0.39 is 0 Å². The molecule has 0 amide bonds. The quantitative estimate of drug-likeness (QED) is 0.907. The van der Waals surface area contributed by atoms with Crippen LogP contribution >= 0.6 is 0 Å². The van der Waals surface area contributed by atoms with Gasteiger partial charge in [0.05, 0.1) is 11.7 Å². The van der Waals surface area contributed by atoms with Gasteiger partial charge in [-0.15, -0.1) is 0 Å². The molecule has 1 saturated carbocycles. The highest BCUT2D eigenvalue weighted by molar-refractivity contribution is 5.80. The van der Waals surface area contributed by atoms with Crippen molar-refractivity contribution >= 4 is 11.1 Å². The van der Waals surface area contributed by atoms with Crippen LogP contribution in [0.5, 0.6) is 0 Å². The van der Waals surface area contributed by atoms with E-state index in [1.807, 2.05) is 26.0 Å². The first kappa shape index (κ1) is 15.0. The van der Waals surface area contributed by atoms with Crippen LogP contribution in [0.3, 0.4) is 0 Å². The van der Waals surface area contributed by atoms with Gasteiger partial charge in [-0.05, 0) is 37.0 Å². The third-order valence-corrected chi connectivity index (χ3v) is 4.23. The number of fused-ring (bicyclic) bond motifs is 1. The molecule has 2 aromatic rings. The number of benzene rings is 1. The number of nitrogens with zero attached hydrogens (tertiary/aromatic N) is 2. The summed E-state index contributed by atoms with van der Waals surface area (Å²) in [5.41, 5.74) is 2.80. The molecular weight excluding hydrogens is 278 g/mol. The maximum absolute atomic E-state index is 9.86. The van der Waals surface area contributed by atoms with Gasteiger partial charge < -0.3 is 14.8 Å². The van der Waals surface area contributed by atoms with Crippen molar-refractivity contribution in [2.24, 2.45) is 0 Å². The van der Waals surface area contributed by atoms with Gasteiger partial charge in [0.2, 0.25) is 0 Å². The van der Waals surface area contributed by atoms with E-state index >= 15 is 0 Å². The fraction of sp³-hybridized carbons (Fsp3) is 0.529. The molecule has 0 spiro atoms. The molecule has 5 heteroatoms. The van der Waals surface area contributed by atoms with Gasteiger partial charge in [-0.1, -0.05) is 13.8 Å². The van der Waals surface area contributed by atoms with E-state index in [1.54, 1.807) is 0 Å². The first-order chi connectivity index (χ1) is 10.6. The lowest BCUT2D eigenvalue weighted by Gasteiger charge is -2.16. The zero-order chi connectivity index (χ0) is 15.7. The third kappa shape index (κ3) is 2.85. The second-order valence-corrected chi connectivity index (χ2v) is 6.30. The normalized spacial score (nSPS) is 21.6.